The molecule has 2 N–H and O–H groups in total. The zero-order chi connectivity index (χ0) is 15.1. The summed E-state index contributed by atoms with van der Waals surface area (Å²) in [5.41, 5.74) is 0.639. The number of rotatable bonds is 7. The van der Waals surface area contributed by atoms with Crippen LogP contribution in [0.5, 0.6) is 0 Å². The van der Waals surface area contributed by atoms with Crippen LogP contribution in [0.3, 0.4) is 0 Å². The van der Waals surface area contributed by atoms with Gasteiger partial charge in [0.2, 0.25) is 5.91 Å². The molecule has 112 valence electrons. The summed E-state index contributed by atoms with van der Waals surface area (Å²) in [7, 11) is 1.80. The summed E-state index contributed by atoms with van der Waals surface area (Å²) in [6, 6.07) is -0.216. The van der Waals surface area contributed by atoms with E-state index in [4.69, 9.17) is 4.74 Å². The highest BCUT2D eigenvalue weighted by molar-refractivity contribution is 7.13. The standard InChI is InChI=1S/C13H21N3O3S/c1-5-19-13(18)11-8(2)16-12(20-11)9(3)15-10(17)6-7-14-4/h9,14H,5-7H2,1-4H3,(H,15,17). The van der Waals surface area contributed by atoms with Crippen molar-refractivity contribution in [2.45, 2.75) is 33.2 Å². The number of ether oxygens (including phenoxy) is 1. The second-order valence-corrected chi connectivity index (χ2v) is 5.36. The third kappa shape index (κ3) is 4.57. The van der Waals surface area contributed by atoms with Crippen LogP contribution in [-0.2, 0) is 9.53 Å². The first-order valence-corrected chi connectivity index (χ1v) is 7.39. The van der Waals surface area contributed by atoms with Gasteiger partial charge in [-0.25, -0.2) is 9.78 Å². The van der Waals surface area contributed by atoms with Gasteiger partial charge in [-0.3, -0.25) is 4.79 Å². The Morgan fingerprint density at radius 3 is 2.75 bits per heavy atom. The van der Waals surface area contributed by atoms with Gasteiger partial charge in [0.05, 0.1) is 18.3 Å². The van der Waals surface area contributed by atoms with Gasteiger partial charge in [-0.2, -0.15) is 0 Å². The average Bonchev–Trinajstić information content (AvgIpc) is 2.79. The number of aryl methyl sites for hydroxylation is 1. The minimum atomic E-state index is -0.359. The highest BCUT2D eigenvalue weighted by atomic mass is 32.1. The van der Waals surface area contributed by atoms with Gasteiger partial charge in [0.25, 0.3) is 0 Å². The Morgan fingerprint density at radius 2 is 2.15 bits per heavy atom. The van der Waals surface area contributed by atoms with Crippen LogP contribution >= 0.6 is 11.3 Å². The largest absolute Gasteiger partial charge is 0.462 e. The predicted molar refractivity (Wildman–Crippen MR) is 77.9 cm³/mol. The SMILES string of the molecule is CCOC(=O)c1sc(C(C)NC(=O)CCNC)nc1C. The van der Waals surface area contributed by atoms with E-state index in [2.05, 4.69) is 15.6 Å². The van der Waals surface area contributed by atoms with Crippen molar-refractivity contribution in [3.63, 3.8) is 0 Å². The molecule has 7 heteroatoms. The van der Waals surface area contributed by atoms with Crippen molar-refractivity contribution >= 4 is 23.2 Å². The molecule has 1 amide bonds. The van der Waals surface area contributed by atoms with Crippen LogP contribution in [0.1, 0.15) is 46.7 Å². The normalized spacial score (nSPS) is 12.0. The summed E-state index contributed by atoms with van der Waals surface area (Å²) < 4.78 is 4.97. The maximum atomic E-state index is 11.7. The number of carbonyl (C=O) groups excluding carboxylic acids is 2. The fourth-order valence-corrected chi connectivity index (χ4v) is 2.57. The van der Waals surface area contributed by atoms with Crippen LogP contribution in [0, 0.1) is 6.92 Å². The third-order valence-electron chi connectivity index (χ3n) is 2.62. The van der Waals surface area contributed by atoms with E-state index in [-0.39, 0.29) is 17.9 Å². The summed E-state index contributed by atoms with van der Waals surface area (Å²) in [5, 5.41) is 6.49. The van der Waals surface area contributed by atoms with E-state index in [1.807, 2.05) is 6.92 Å². The maximum Gasteiger partial charge on any atom is 0.350 e. The average molecular weight is 299 g/mol. The molecule has 6 nitrogen and oxygen atoms in total. The molecule has 1 unspecified atom stereocenters. The first-order valence-electron chi connectivity index (χ1n) is 6.58. The number of nitrogens with zero attached hydrogens (tertiary/aromatic N) is 1. The number of aromatic nitrogens is 1. The molecule has 0 bridgehead atoms. The predicted octanol–water partition coefficient (Wildman–Crippen LogP) is 1.41. The Bertz CT molecular complexity index is 473. The molecule has 0 saturated heterocycles. The van der Waals surface area contributed by atoms with Crippen molar-refractivity contribution in [3.8, 4) is 0 Å². The van der Waals surface area contributed by atoms with E-state index in [0.717, 1.165) is 0 Å². The molecule has 0 spiro atoms. The highest BCUT2D eigenvalue weighted by Gasteiger charge is 2.20. The van der Waals surface area contributed by atoms with Gasteiger partial charge in [0.15, 0.2) is 0 Å². The molecule has 1 heterocycles. The summed E-state index contributed by atoms with van der Waals surface area (Å²) >= 11 is 1.27. The number of nitrogens with one attached hydrogen (secondary N) is 2. The molecule has 0 radical (unpaired) electrons. The Labute approximate surface area is 122 Å². The van der Waals surface area contributed by atoms with Crippen molar-refractivity contribution in [1.82, 2.24) is 15.6 Å². The van der Waals surface area contributed by atoms with Gasteiger partial charge >= 0.3 is 5.97 Å². The molecule has 0 saturated carbocycles. The zero-order valence-electron chi connectivity index (χ0n) is 12.3. The molecule has 1 aromatic heterocycles. The van der Waals surface area contributed by atoms with Crippen molar-refractivity contribution < 1.29 is 14.3 Å². The smallest absolute Gasteiger partial charge is 0.350 e. The second-order valence-electron chi connectivity index (χ2n) is 4.33. The van der Waals surface area contributed by atoms with E-state index in [1.165, 1.54) is 11.3 Å². The molecule has 0 aliphatic heterocycles. The summed E-state index contributed by atoms with van der Waals surface area (Å²) in [6.07, 6.45) is 0.413. The fraction of sp³-hybridized carbons (Fsp3) is 0.615. The maximum absolute atomic E-state index is 11.7. The van der Waals surface area contributed by atoms with Gasteiger partial charge in [-0.15, -0.1) is 11.3 Å². The van der Waals surface area contributed by atoms with Crippen LogP contribution in [0.25, 0.3) is 0 Å². The van der Waals surface area contributed by atoms with Crippen LogP contribution < -0.4 is 10.6 Å². The van der Waals surface area contributed by atoms with E-state index >= 15 is 0 Å². The lowest BCUT2D eigenvalue weighted by molar-refractivity contribution is -0.121. The molecule has 1 atom stereocenters. The van der Waals surface area contributed by atoms with Crippen LogP contribution in [0.15, 0.2) is 0 Å². The Balaban J connectivity index is 2.69. The van der Waals surface area contributed by atoms with Crippen molar-refractivity contribution in [1.29, 1.82) is 0 Å². The molecule has 0 aliphatic carbocycles. The first-order chi connectivity index (χ1) is 9.49. The zero-order valence-corrected chi connectivity index (χ0v) is 13.1. The van der Waals surface area contributed by atoms with Gasteiger partial charge in [-0.1, -0.05) is 0 Å². The fourth-order valence-electron chi connectivity index (χ4n) is 1.60. The number of thiazole rings is 1. The molecule has 1 aromatic rings. The number of hydrogen-bond donors (Lipinski definition) is 2. The highest BCUT2D eigenvalue weighted by Crippen LogP contribution is 2.24. The first kappa shape index (κ1) is 16.6. The molecule has 0 aliphatic rings. The van der Waals surface area contributed by atoms with E-state index in [9.17, 15) is 9.59 Å². The van der Waals surface area contributed by atoms with Gasteiger partial charge in [0, 0.05) is 13.0 Å². The lowest BCUT2D eigenvalue weighted by Crippen LogP contribution is -2.28. The van der Waals surface area contributed by atoms with Crippen molar-refractivity contribution in [2.75, 3.05) is 20.2 Å². The number of amides is 1. The Kier molecular flexibility index (Phi) is 6.60. The summed E-state index contributed by atoms with van der Waals surface area (Å²) in [5.74, 6) is -0.403. The lowest BCUT2D eigenvalue weighted by Gasteiger charge is -2.10. The van der Waals surface area contributed by atoms with Crippen LogP contribution in [0.2, 0.25) is 0 Å². The quantitative estimate of drug-likeness (QED) is 0.744. The second kappa shape index (κ2) is 7.96. The van der Waals surface area contributed by atoms with Gasteiger partial charge in [0.1, 0.15) is 9.88 Å². The summed E-state index contributed by atoms with van der Waals surface area (Å²) in [6.45, 7) is 6.34. The van der Waals surface area contributed by atoms with E-state index in [0.29, 0.717) is 35.2 Å². The lowest BCUT2D eigenvalue weighted by atomic mass is 10.3. The number of carbonyl (C=O) groups is 2. The van der Waals surface area contributed by atoms with E-state index < -0.39 is 0 Å². The number of hydrogen-bond acceptors (Lipinski definition) is 6. The molecular weight excluding hydrogens is 278 g/mol. The third-order valence-corrected chi connectivity index (χ3v) is 3.94. The van der Waals surface area contributed by atoms with Gasteiger partial charge in [-0.05, 0) is 27.8 Å². The minimum absolute atomic E-state index is 0.0441. The van der Waals surface area contributed by atoms with Gasteiger partial charge < -0.3 is 15.4 Å². The van der Waals surface area contributed by atoms with Crippen LogP contribution in [-0.4, -0.2) is 37.1 Å². The molecule has 20 heavy (non-hydrogen) atoms. The Hall–Kier alpha value is -1.47. The Morgan fingerprint density at radius 1 is 1.45 bits per heavy atom. The van der Waals surface area contributed by atoms with Crippen molar-refractivity contribution in [3.05, 3.63) is 15.6 Å². The van der Waals surface area contributed by atoms with Crippen molar-refractivity contribution in [2.24, 2.45) is 0 Å². The summed E-state index contributed by atoms with van der Waals surface area (Å²) in [4.78, 5) is 28.2. The van der Waals surface area contributed by atoms with E-state index in [1.54, 1.807) is 20.9 Å². The topological polar surface area (TPSA) is 80.3 Å². The molecule has 1 rings (SSSR count). The number of esters is 1. The minimum Gasteiger partial charge on any atom is -0.462 e. The van der Waals surface area contributed by atoms with Crippen LogP contribution in [0.4, 0.5) is 0 Å². The molecular formula is C13H21N3O3S. The molecule has 0 fully saturated rings. The monoisotopic (exact) mass is 299 g/mol. The molecule has 0 aromatic carbocycles.